The molecular formula is C9H7BrN4O2. The topological polar surface area (TPSA) is 80.9 Å². The van der Waals surface area contributed by atoms with Crippen molar-refractivity contribution in [3.8, 4) is 0 Å². The van der Waals surface area contributed by atoms with E-state index in [1.807, 2.05) is 24.3 Å². The lowest BCUT2D eigenvalue weighted by atomic mass is 10.2. The molecule has 0 bridgehead atoms. The van der Waals surface area contributed by atoms with Gasteiger partial charge in [0.2, 0.25) is 0 Å². The highest BCUT2D eigenvalue weighted by molar-refractivity contribution is 9.10. The van der Waals surface area contributed by atoms with E-state index in [0.29, 0.717) is 6.54 Å². The largest absolute Gasteiger partial charge is 0.475 e. The molecule has 7 heteroatoms. The van der Waals surface area contributed by atoms with Gasteiger partial charge in [0, 0.05) is 4.47 Å². The van der Waals surface area contributed by atoms with Crippen molar-refractivity contribution in [2.75, 3.05) is 0 Å². The molecule has 1 aromatic heterocycles. The summed E-state index contributed by atoms with van der Waals surface area (Å²) in [4.78, 5) is 10.8. The minimum atomic E-state index is -1.14. The van der Waals surface area contributed by atoms with Crippen molar-refractivity contribution in [3.05, 3.63) is 40.1 Å². The molecule has 6 nitrogen and oxygen atoms in total. The quantitative estimate of drug-likeness (QED) is 0.914. The molecule has 0 saturated heterocycles. The Morgan fingerprint density at radius 2 is 2.06 bits per heavy atom. The lowest BCUT2D eigenvalue weighted by Gasteiger charge is -2.02. The maximum absolute atomic E-state index is 10.8. The number of carboxylic acid groups (broad SMARTS) is 1. The van der Waals surface area contributed by atoms with E-state index < -0.39 is 5.97 Å². The summed E-state index contributed by atoms with van der Waals surface area (Å²) in [6, 6.07) is 7.50. The number of halogens is 1. The van der Waals surface area contributed by atoms with Crippen molar-refractivity contribution < 1.29 is 9.90 Å². The lowest BCUT2D eigenvalue weighted by molar-refractivity contribution is 0.0677. The summed E-state index contributed by atoms with van der Waals surface area (Å²) in [5.74, 6) is -1.30. The number of rotatable bonds is 3. The Hall–Kier alpha value is -1.76. The van der Waals surface area contributed by atoms with Crippen LogP contribution in [0.2, 0.25) is 0 Å². The van der Waals surface area contributed by atoms with Gasteiger partial charge in [0.25, 0.3) is 5.82 Å². The second-order valence-corrected chi connectivity index (χ2v) is 4.01. The monoisotopic (exact) mass is 282 g/mol. The molecule has 0 saturated carbocycles. The summed E-state index contributed by atoms with van der Waals surface area (Å²) in [7, 11) is 0. The predicted molar refractivity (Wildman–Crippen MR) is 58.0 cm³/mol. The van der Waals surface area contributed by atoms with Gasteiger partial charge in [0.15, 0.2) is 0 Å². The zero-order valence-electron chi connectivity index (χ0n) is 8.04. The van der Waals surface area contributed by atoms with E-state index in [9.17, 15) is 4.79 Å². The number of hydrogen-bond acceptors (Lipinski definition) is 4. The maximum atomic E-state index is 10.8. The Morgan fingerprint density at radius 1 is 1.38 bits per heavy atom. The molecule has 16 heavy (non-hydrogen) atoms. The second kappa shape index (κ2) is 4.40. The SMILES string of the molecule is O=C(O)c1nnnn1Cc1ccc(Br)cc1. The van der Waals surface area contributed by atoms with E-state index in [2.05, 4.69) is 31.5 Å². The zero-order chi connectivity index (χ0) is 11.5. The normalized spacial score (nSPS) is 10.3. The van der Waals surface area contributed by atoms with E-state index in [1.165, 1.54) is 4.68 Å². The Kier molecular flexibility index (Phi) is 2.95. The third kappa shape index (κ3) is 2.25. The summed E-state index contributed by atoms with van der Waals surface area (Å²) < 4.78 is 2.21. The Labute approximate surface area is 99.0 Å². The molecule has 0 spiro atoms. The highest BCUT2D eigenvalue weighted by Gasteiger charge is 2.13. The third-order valence-corrected chi connectivity index (χ3v) is 2.50. The smallest absolute Gasteiger partial charge is 0.375 e. The molecule has 0 unspecified atom stereocenters. The van der Waals surface area contributed by atoms with Crippen molar-refractivity contribution in [1.82, 2.24) is 20.2 Å². The summed E-state index contributed by atoms with van der Waals surface area (Å²) in [5, 5.41) is 19.2. The molecule has 0 aliphatic rings. The molecule has 0 amide bonds. The minimum absolute atomic E-state index is 0.164. The van der Waals surface area contributed by atoms with Crippen LogP contribution in [-0.4, -0.2) is 31.3 Å². The van der Waals surface area contributed by atoms with Gasteiger partial charge in [-0.25, -0.2) is 9.48 Å². The van der Waals surface area contributed by atoms with Gasteiger partial charge in [-0.2, -0.15) is 0 Å². The fourth-order valence-electron chi connectivity index (χ4n) is 1.23. The fraction of sp³-hybridized carbons (Fsp3) is 0.111. The molecule has 1 aromatic carbocycles. The van der Waals surface area contributed by atoms with Crippen LogP contribution in [0, 0.1) is 0 Å². The van der Waals surface area contributed by atoms with Crippen LogP contribution in [0.5, 0.6) is 0 Å². The average Bonchev–Trinajstić information content (AvgIpc) is 2.69. The van der Waals surface area contributed by atoms with Crippen LogP contribution in [0.4, 0.5) is 0 Å². The minimum Gasteiger partial charge on any atom is -0.475 e. The number of carbonyl (C=O) groups is 1. The van der Waals surface area contributed by atoms with Crippen LogP contribution in [0.3, 0.4) is 0 Å². The number of hydrogen-bond donors (Lipinski definition) is 1. The van der Waals surface area contributed by atoms with Crippen molar-refractivity contribution in [3.63, 3.8) is 0 Å². The molecule has 0 aliphatic carbocycles. The van der Waals surface area contributed by atoms with Crippen molar-refractivity contribution in [2.45, 2.75) is 6.54 Å². The van der Waals surface area contributed by atoms with E-state index in [-0.39, 0.29) is 5.82 Å². The van der Waals surface area contributed by atoms with Crippen molar-refractivity contribution in [1.29, 1.82) is 0 Å². The van der Waals surface area contributed by atoms with Crippen molar-refractivity contribution in [2.24, 2.45) is 0 Å². The zero-order valence-corrected chi connectivity index (χ0v) is 9.62. The van der Waals surface area contributed by atoms with E-state index in [0.717, 1.165) is 10.0 Å². The molecule has 82 valence electrons. The highest BCUT2D eigenvalue weighted by atomic mass is 79.9. The first kappa shape index (κ1) is 10.7. The molecule has 1 N–H and O–H groups in total. The first-order chi connectivity index (χ1) is 7.66. The molecule has 0 radical (unpaired) electrons. The second-order valence-electron chi connectivity index (χ2n) is 3.09. The van der Waals surface area contributed by atoms with Gasteiger partial charge in [-0.15, -0.1) is 5.10 Å². The number of carboxylic acids is 1. The van der Waals surface area contributed by atoms with Gasteiger partial charge in [-0.1, -0.05) is 28.1 Å². The molecular weight excluding hydrogens is 276 g/mol. The van der Waals surface area contributed by atoms with Gasteiger partial charge in [0.05, 0.1) is 6.54 Å². The van der Waals surface area contributed by atoms with E-state index >= 15 is 0 Å². The standard InChI is InChI=1S/C9H7BrN4O2/c10-7-3-1-6(2-4-7)5-14-8(9(15)16)11-12-13-14/h1-4H,5H2,(H,15,16). The van der Waals surface area contributed by atoms with Gasteiger partial charge in [-0.05, 0) is 28.1 Å². The Balaban J connectivity index is 2.23. The maximum Gasteiger partial charge on any atom is 0.375 e. The average molecular weight is 283 g/mol. The summed E-state index contributed by atoms with van der Waals surface area (Å²) in [6.45, 7) is 0.335. The predicted octanol–water partition coefficient (Wildman–Crippen LogP) is 1.18. The number of tetrazole rings is 1. The van der Waals surface area contributed by atoms with Crippen LogP contribution in [0.1, 0.15) is 16.2 Å². The lowest BCUT2D eigenvalue weighted by Crippen LogP contribution is -2.11. The third-order valence-electron chi connectivity index (χ3n) is 1.97. The summed E-state index contributed by atoms with van der Waals surface area (Å²) >= 11 is 3.32. The van der Waals surface area contributed by atoms with Gasteiger partial charge in [-0.3, -0.25) is 0 Å². The van der Waals surface area contributed by atoms with Crippen LogP contribution in [-0.2, 0) is 6.54 Å². The number of aromatic nitrogens is 4. The van der Waals surface area contributed by atoms with Crippen LogP contribution in [0.15, 0.2) is 28.7 Å². The number of nitrogens with zero attached hydrogens (tertiary/aromatic N) is 4. The van der Waals surface area contributed by atoms with E-state index in [4.69, 9.17) is 5.11 Å². The highest BCUT2D eigenvalue weighted by Crippen LogP contribution is 2.11. The first-order valence-electron chi connectivity index (χ1n) is 4.41. The molecule has 1 heterocycles. The molecule has 0 aliphatic heterocycles. The Bertz CT molecular complexity index is 508. The Morgan fingerprint density at radius 3 is 2.69 bits per heavy atom. The van der Waals surface area contributed by atoms with Crippen LogP contribution in [0.25, 0.3) is 0 Å². The number of aromatic carboxylic acids is 1. The van der Waals surface area contributed by atoms with Gasteiger partial charge in [0.1, 0.15) is 0 Å². The van der Waals surface area contributed by atoms with Crippen LogP contribution < -0.4 is 0 Å². The van der Waals surface area contributed by atoms with Gasteiger partial charge < -0.3 is 5.11 Å². The summed E-state index contributed by atoms with van der Waals surface area (Å²) in [5.41, 5.74) is 0.929. The molecule has 2 aromatic rings. The first-order valence-corrected chi connectivity index (χ1v) is 5.20. The van der Waals surface area contributed by atoms with Crippen molar-refractivity contribution >= 4 is 21.9 Å². The molecule has 0 fully saturated rings. The molecule has 2 rings (SSSR count). The fourth-order valence-corrected chi connectivity index (χ4v) is 1.49. The number of benzene rings is 1. The summed E-state index contributed by atoms with van der Waals surface area (Å²) in [6.07, 6.45) is 0. The van der Waals surface area contributed by atoms with Crippen LogP contribution >= 0.6 is 15.9 Å². The van der Waals surface area contributed by atoms with Gasteiger partial charge >= 0.3 is 5.97 Å². The van der Waals surface area contributed by atoms with E-state index in [1.54, 1.807) is 0 Å². The molecule has 0 atom stereocenters.